The molecule has 0 aromatic heterocycles. The quantitative estimate of drug-likeness (QED) is 0.406. The van der Waals surface area contributed by atoms with Crippen molar-refractivity contribution in [3.63, 3.8) is 0 Å². The molecule has 1 saturated heterocycles. The lowest BCUT2D eigenvalue weighted by atomic mass is 9.91. The van der Waals surface area contributed by atoms with E-state index >= 15 is 0 Å². The first-order valence-electron chi connectivity index (χ1n) is 10.1. The molecule has 2 aromatic rings. The van der Waals surface area contributed by atoms with Crippen LogP contribution in [0.5, 0.6) is 0 Å². The summed E-state index contributed by atoms with van der Waals surface area (Å²) in [6.07, 6.45) is 1.04. The molecule has 0 spiro atoms. The van der Waals surface area contributed by atoms with Crippen molar-refractivity contribution >= 4 is 28.9 Å². The second-order valence-electron chi connectivity index (χ2n) is 8.06. The molecule has 1 N–H and O–H groups in total. The van der Waals surface area contributed by atoms with Crippen LogP contribution < -0.4 is 10.2 Å². The molecule has 1 aliphatic heterocycles. The summed E-state index contributed by atoms with van der Waals surface area (Å²) in [6.45, 7) is 4.78. The molecule has 1 heterocycles. The highest BCUT2D eigenvalue weighted by atomic mass is 19.1. The Morgan fingerprint density at radius 3 is 2.47 bits per heavy atom. The molecule has 0 saturated carbocycles. The zero-order chi connectivity index (χ0) is 23.4. The van der Waals surface area contributed by atoms with E-state index in [4.69, 9.17) is 4.74 Å². The number of halogens is 2. The molecule has 1 amide bonds. The van der Waals surface area contributed by atoms with Gasteiger partial charge in [-0.05, 0) is 42.5 Å². The largest absolute Gasteiger partial charge is 0.452 e. The average Bonchev–Trinajstić information content (AvgIpc) is 2.73. The molecule has 32 heavy (non-hydrogen) atoms. The maximum absolute atomic E-state index is 13.6. The second kappa shape index (κ2) is 9.71. The molecule has 170 valence electrons. The van der Waals surface area contributed by atoms with Crippen LogP contribution in [0.15, 0.2) is 36.4 Å². The van der Waals surface area contributed by atoms with Gasteiger partial charge in [0, 0.05) is 25.2 Å². The third-order valence-electron chi connectivity index (χ3n) is 5.16. The van der Waals surface area contributed by atoms with E-state index in [1.807, 2.05) is 4.90 Å². The van der Waals surface area contributed by atoms with Crippen LogP contribution in [0, 0.1) is 33.6 Å². The van der Waals surface area contributed by atoms with Crippen LogP contribution in [0.3, 0.4) is 0 Å². The summed E-state index contributed by atoms with van der Waals surface area (Å²) in [5, 5.41) is 13.8. The third-order valence-corrected chi connectivity index (χ3v) is 5.16. The number of ether oxygens (including phenoxy) is 1. The van der Waals surface area contributed by atoms with Crippen LogP contribution in [0.4, 0.5) is 25.8 Å². The highest BCUT2D eigenvalue weighted by Gasteiger charge is 2.28. The minimum atomic E-state index is -0.975. The number of nitrogens with one attached hydrogen (secondary N) is 1. The number of hydrogen-bond donors (Lipinski definition) is 1. The van der Waals surface area contributed by atoms with Crippen molar-refractivity contribution in [1.82, 2.24) is 0 Å². The van der Waals surface area contributed by atoms with E-state index in [1.54, 1.807) is 0 Å². The summed E-state index contributed by atoms with van der Waals surface area (Å²) >= 11 is 0. The Morgan fingerprint density at radius 2 is 1.84 bits per heavy atom. The fraction of sp³-hybridized carbons (Fsp3) is 0.364. The minimum absolute atomic E-state index is 0.0840. The van der Waals surface area contributed by atoms with Gasteiger partial charge in [0.15, 0.2) is 6.61 Å². The van der Waals surface area contributed by atoms with E-state index in [9.17, 15) is 28.5 Å². The number of carbonyl (C=O) groups is 2. The van der Waals surface area contributed by atoms with Crippen molar-refractivity contribution in [3.05, 3.63) is 63.7 Å². The lowest BCUT2D eigenvalue weighted by Gasteiger charge is -2.36. The van der Waals surface area contributed by atoms with E-state index in [0.29, 0.717) is 36.7 Å². The Kier molecular flexibility index (Phi) is 7.01. The summed E-state index contributed by atoms with van der Waals surface area (Å²) in [5.41, 5.74) is -0.148. The van der Waals surface area contributed by atoms with Gasteiger partial charge in [0.05, 0.1) is 16.2 Å². The zero-order valence-electron chi connectivity index (χ0n) is 17.6. The van der Waals surface area contributed by atoms with Crippen molar-refractivity contribution in [2.75, 3.05) is 29.9 Å². The zero-order valence-corrected chi connectivity index (χ0v) is 17.6. The smallest absolute Gasteiger partial charge is 0.338 e. The van der Waals surface area contributed by atoms with Crippen molar-refractivity contribution < 1.29 is 28.0 Å². The van der Waals surface area contributed by atoms with Crippen LogP contribution in [-0.4, -0.2) is 36.5 Å². The van der Waals surface area contributed by atoms with Crippen molar-refractivity contribution in [1.29, 1.82) is 0 Å². The number of benzene rings is 2. The normalized spacial score (nSPS) is 18.2. The Bertz CT molecular complexity index is 1040. The SMILES string of the molecule is C[C@@H]1C[C@@H](C)CN(c2ccc(C(=O)OCC(=O)Nc3ccc(F)cc3F)cc2[N+](=O)[O-])C1. The van der Waals surface area contributed by atoms with Crippen molar-refractivity contribution in [2.24, 2.45) is 11.8 Å². The van der Waals surface area contributed by atoms with Gasteiger partial charge in [-0.1, -0.05) is 13.8 Å². The number of amides is 1. The topological polar surface area (TPSA) is 102 Å². The minimum Gasteiger partial charge on any atom is -0.452 e. The number of nitro benzene ring substituents is 1. The molecule has 0 unspecified atom stereocenters. The fourth-order valence-electron chi connectivity index (χ4n) is 3.92. The van der Waals surface area contributed by atoms with Crippen LogP contribution in [-0.2, 0) is 9.53 Å². The standard InChI is InChI=1S/C22H23F2N3O5/c1-13-7-14(2)11-26(10-13)19-6-3-15(8-20(19)27(30)31)22(29)32-12-21(28)25-18-5-4-16(23)9-17(18)24/h3-6,8-9,13-14H,7,10-12H2,1-2H3,(H,25,28)/t13-,14-/m1/s1. The van der Waals surface area contributed by atoms with E-state index < -0.39 is 35.0 Å². The van der Waals surface area contributed by atoms with Crippen LogP contribution in [0.1, 0.15) is 30.6 Å². The molecule has 3 rings (SSSR count). The molecule has 8 nitrogen and oxygen atoms in total. The average molecular weight is 447 g/mol. The molecule has 0 bridgehead atoms. The van der Waals surface area contributed by atoms with E-state index in [2.05, 4.69) is 19.2 Å². The summed E-state index contributed by atoms with van der Waals surface area (Å²) in [5.74, 6) is -2.79. The third kappa shape index (κ3) is 5.57. The Labute approximate surface area is 183 Å². The van der Waals surface area contributed by atoms with E-state index in [-0.39, 0.29) is 16.9 Å². The summed E-state index contributed by atoms with van der Waals surface area (Å²) in [6, 6.07) is 6.65. The van der Waals surface area contributed by atoms with Crippen molar-refractivity contribution in [3.8, 4) is 0 Å². The van der Waals surface area contributed by atoms with Gasteiger partial charge in [-0.3, -0.25) is 14.9 Å². The first kappa shape index (κ1) is 23.1. The number of rotatable bonds is 6. The number of hydrogen-bond acceptors (Lipinski definition) is 6. The van der Waals surface area contributed by atoms with Gasteiger partial charge in [-0.15, -0.1) is 0 Å². The maximum Gasteiger partial charge on any atom is 0.338 e. The van der Waals surface area contributed by atoms with Gasteiger partial charge in [0.2, 0.25) is 0 Å². The molecule has 2 atom stereocenters. The predicted octanol–water partition coefficient (Wildman–Crippen LogP) is 4.15. The first-order valence-corrected chi connectivity index (χ1v) is 10.1. The molecule has 2 aromatic carbocycles. The second-order valence-corrected chi connectivity index (χ2v) is 8.06. The molecular formula is C22H23F2N3O5. The van der Waals surface area contributed by atoms with Gasteiger partial charge in [0.1, 0.15) is 17.3 Å². The number of nitro groups is 1. The molecule has 1 aliphatic rings. The van der Waals surface area contributed by atoms with Gasteiger partial charge in [-0.2, -0.15) is 0 Å². The monoisotopic (exact) mass is 447 g/mol. The van der Waals surface area contributed by atoms with Crippen molar-refractivity contribution in [2.45, 2.75) is 20.3 Å². The van der Waals surface area contributed by atoms with Gasteiger partial charge in [0.25, 0.3) is 11.6 Å². The number of carbonyl (C=O) groups excluding carboxylic acids is 2. The summed E-state index contributed by atoms with van der Waals surface area (Å²) in [7, 11) is 0. The molecule has 10 heteroatoms. The maximum atomic E-state index is 13.6. The van der Waals surface area contributed by atoms with Crippen LogP contribution in [0.2, 0.25) is 0 Å². The van der Waals surface area contributed by atoms with Gasteiger partial charge in [-0.25, -0.2) is 13.6 Å². The molecule has 0 radical (unpaired) electrons. The van der Waals surface area contributed by atoms with E-state index in [0.717, 1.165) is 24.6 Å². The number of esters is 1. The van der Waals surface area contributed by atoms with Gasteiger partial charge < -0.3 is 15.0 Å². The predicted molar refractivity (Wildman–Crippen MR) is 114 cm³/mol. The highest BCUT2D eigenvalue weighted by Crippen LogP contribution is 2.34. The van der Waals surface area contributed by atoms with Gasteiger partial charge >= 0.3 is 5.97 Å². The fourth-order valence-corrected chi connectivity index (χ4v) is 3.92. The molecule has 0 aliphatic carbocycles. The number of nitrogens with zero attached hydrogens (tertiary/aromatic N) is 2. The first-order chi connectivity index (χ1) is 15.1. The Hall–Kier alpha value is -3.56. The number of anilines is 2. The van der Waals surface area contributed by atoms with E-state index in [1.165, 1.54) is 12.1 Å². The van der Waals surface area contributed by atoms with Crippen LogP contribution in [0.25, 0.3) is 0 Å². The highest BCUT2D eigenvalue weighted by molar-refractivity contribution is 5.96. The summed E-state index contributed by atoms with van der Waals surface area (Å²) in [4.78, 5) is 37.3. The molecular weight excluding hydrogens is 424 g/mol. The number of piperidine rings is 1. The molecule has 1 fully saturated rings. The Morgan fingerprint density at radius 1 is 1.16 bits per heavy atom. The lowest BCUT2D eigenvalue weighted by molar-refractivity contribution is -0.384. The lowest BCUT2D eigenvalue weighted by Crippen LogP contribution is -2.39. The van der Waals surface area contributed by atoms with Crippen LogP contribution >= 0.6 is 0 Å². The Balaban J connectivity index is 1.68. The summed E-state index contributed by atoms with van der Waals surface area (Å²) < 4.78 is 31.4.